The summed E-state index contributed by atoms with van der Waals surface area (Å²) in [6, 6.07) is 10.3. The van der Waals surface area contributed by atoms with Crippen LogP contribution in [0.15, 0.2) is 42.5 Å². The van der Waals surface area contributed by atoms with Crippen molar-refractivity contribution in [2.75, 3.05) is 19.6 Å². The number of rotatable bonds is 5. The van der Waals surface area contributed by atoms with Crippen LogP contribution in [0.5, 0.6) is 11.5 Å². The summed E-state index contributed by atoms with van der Waals surface area (Å²) in [4.78, 5) is 2.23. The van der Waals surface area contributed by atoms with Crippen LogP contribution in [0.3, 0.4) is 0 Å². The van der Waals surface area contributed by atoms with Crippen LogP contribution < -0.4 is 4.74 Å². The van der Waals surface area contributed by atoms with Crippen molar-refractivity contribution in [3.05, 3.63) is 59.7 Å². The molecular formula is C21H23F2NO3. The van der Waals surface area contributed by atoms with E-state index in [-0.39, 0.29) is 17.6 Å². The Morgan fingerprint density at radius 3 is 2.19 bits per heavy atom. The fourth-order valence-corrected chi connectivity index (χ4v) is 4.40. The quantitative estimate of drug-likeness (QED) is 0.840. The Kier molecular flexibility index (Phi) is 5.02. The number of hydrogen-bond acceptors (Lipinski definition) is 4. The second-order valence-electron chi connectivity index (χ2n) is 7.61. The molecule has 4 nitrogen and oxygen atoms in total. The highest BCUT2D eigenvalue weighted by Gasteiger charge is 2.42. The van der Waals surface area contributed by atoms with Crippen LogP contribution in [-0.2, 0) is 0 Å². The Morgan fingerprint density at radius 1 is 1.00 bits per heavy atom. The van der Waals surface area contributed by atoms with Crippen molar-refractivity contribution in [1.82, 2.24) is 4.90 Å². The number of aliphatic hydroxyl groups excluding tert-OH is 1. The van der Waals surface area contributed by atoms with Gasteiger partial charge in [0.05, 0.1) is 12.2 Å². The van der Waals surface area contributed by atoms with Gasteiger partial charge in [0.25, 0.3) is 0 Å². The van der Waals surface area contributed by atoms with E-state index in [1.807, 2.05) is 0 Å². The normalized spacial score (nSPS) is 26.1. The number of benzene rings is 2. The van der Waals surface area contributed by atoms with E-state index < -0.39 is 17.7 Å². The second kappa shape index (κ2) is 7.44. The van der Waals surface area contributed by atoms with E-state index in [1.165, 1.54) is 18.2 Å². The lowest BCUT2D eigenvalue weighted by atomic mass is 10.0. The molecule has 27 heavy (non-hydrogen) atoms. The van der Waals surface area contributed by atoms with Crippen molar-refractivity contribution >= 4 is 0 Å². The smallest absolute Gasteiger partial charge is 0.191 e. The zero-order chi connectivity index (χ0) is 19.0. The van der Waals surface area contributed by atoms with Gasteiger partial charge in [0, 0.05) is 19.6 Å². The minimum absolute atomic E-state index is 0.171. The number of ether oxygens (including phenoxy) is 1. The number of fused-ring (bicyclic) bond motifs is 1. The Hall–Kier alpha value is -2.18. The maximum atomic E-state index is 13.8. The van der Waals surface area contributed by atoms with Gasteiger partial charge in [0.2, 0.25) is 0 Å². The zero-order valence-electron chi connectivity index (χ0n) is 14.9. The van der Waals surface area contributed by atoms with E-state index in [2.05, 4.69) is 4.90 Å². The minimum atomic E-state index is -0.661. The lowest BCUT2D eigenvalue weighted by Gasteiger charge is -2.22. The highest BCUT2D eigenvalue weighted by atomic mass is 19.1. The molecule has 0 spiro atoms. The number of likely N-dealkylation sites (tertiary alicyclic amines) is 1. The summed E-state index contributed by atoms with van der Waals surface area (Å²) in [6.45, 7) is 2.23. The molecule has 2 N–H and O–H groups in total. The predicted octanol–water partition coefficient (Wildman–Crippen LogP) is 3.49. The fraction of sp³-hybridized carbons (Fsp3) is 0.429. The standard InChI is InChI=1S/C21H23F2NO3/c22-18-2-1-3-19(23)21(18)27-17-8-14-10-24(11-15(14)9-17)12-20(26)13-4-6-16(25)7-5-13/h1-7,14-15,17,20,25-26H,8-12H2/t14-,15+,17?,20?. The number of hydrogen-bond donors (Lipinski definition) is 2. The molecule has 6 heteroatoms. The third kappa shape index (κ3) is 3.92. The Morgan fingerprint density at radius 2 is 1.59 bits per heavy atom. The summed E-state index contributed by atoms with van der Waals surface area (Å²) in [5.74, 6) is -0.591. The van der Waals surface area contributed by atoms with E-state index in [0.29, 0.717) is 18.4 Å². The number of β-amino-alcohol motifs (C(OH)–C–C–N with tert-alkyl or cyclic N) is 1. The summed E-state index contributed by atoms with van der Waals surface area (Å²) in [6.07, 6.45) is 0.758. The van der Waals surface area contributed by atoms with Crippen molar-refractivity contribution < 1.29 is 23.7 Å². The molecule has 0 amide bonds. The molecule has 2 aromatic rings. The molecule has 2 aliphatic rings. The minimum Gasteiger partial charge on any atom is -0.508 e. The van der Waals surface area contributed by atoms with Gasteiger partial charge in [-0.2, -0.15) is 0 Å². The Labute approximate surface area is 157 Å². The number of nitrogens with zero attached hydrogens (tertiary/aromatic N) is 1. The van der Waals surface area contributed by atoms with Crippen LogP contribution in [-0.4, -0.2) is 40.9 Å². The summed E-state index contributed by atoms with van der Waals surface area (Å²) in [5.41, 5.74) is 0.779. The molecule has 1 aliphatic carbocycles. The summed E-state index contributed by atoms with van der Waals surface area (Å²) < 4.78 is 33.2. The van der Waals surface area contributed by atoms with Crippen LogP contribution >= 0.6 is 0 Å². The SMILES string of the molecule is Oc1ccc(C(O)CN2C[C@H]3CC(Oc4c(F)cccc4F)C[C@H]3C2)cc1. The molecule has 2 fully saturated rings. The first-order valence-electron chi connectivity index (χ1n) is 9.29. The lowest BCUT2D eigenvalue weighted by Crippen LogP contribution is -2.29. The highest BCUT2D eigenvalue weighted by Crippen LogP contribution is 2.40. The third-order valence-corrected chi connectivity index (χ3v) is 5.70. The fourth-order valence-electron chi connectivity index (χ4n) is 4.40. The number of halogens is 2. The topological polar surface area (TPSA) is 52.9 Å². The van der Waals surface area contributed by atoms with Gasteiger partial charge in [-0.1, -0.05) is 18.2 Å². The first kappa shape index (κ1) is 18.2. The van der Waals surface area contributed by atoms with E-state index >= 15 is 0 Å². The van der Waals surface area contributed by atoms with Crippen molar-refractivity contribution in [2.24, 2.45) is 11.8 Å². The predicted molar refractivity (Wildman–Crippen MR) is 96.5 cm³/mol. The van der Waals surface area contributed by atoms with Gasteiger partial charge in [-0.25, -0.2) is 8.78 Å². The van der Waals surface area contributed by atoms with Crippen LogP contribution in [0.1, 0.15) is 24.5 Å². The van der Waals surface area contributed by atoms with Gasteiger partial charge in [-0.05, 0) is 54.5 Å². The van der Waals surface area contributed by atoms with Gasteiger partial charge >= 0.3 is 0 Å². The van der Waals surface area contributed by atoms with Crippen LogP contribution in [0.4, 0.5) is 8.78 Å². The van der Waals surface area contributed by atoms with Crippen molar-refractivity contribution in [3.63, 3.8) is 0 Å². The van der Waals surface area contributed by atoms with E-state index in [0.717, 1.165) is 31.5 Å². The van der Waals surface area contributed by atoms with E-state index in [4.69, 9.17) is 4.74 Å². The monoisotopic (exact) mass is 375 g/mol. The Balaban J connectivity index is 1.31. The van der Waals surface area contributed by atoms with Gasteiger partial charge in [-0.3, -0.25) is 4.90 Å². The summed E-state index contributed by atoms with van der Waals surface area (Å²) in [5, 5.41) is 19.8. The van der Waals surface area contributed by atoms with E-state index in [9.17, 15) is 19.0 Å². The molecule has 0 aromatic heterocycles. The number of para-hydroxylation sites is 1. The number of aromatic hydroxyl groups is 1. The number of phenolic OH excluding ortho intramolecular Hbond substituents is 1. The molecule has 0 radical (unpaired) electrons. The molecule has 1 saturated heterocycles. The van der Waals surface area contributed by atoms with Crippen molar-refractivity contribution in [3.8, 4) is 11.5 Å². The van der Waals surface area contributed by atoms with Crippen LogP contribution in [0.25, 0.3) is 0 Å². The van der Waals surface area contributed by atoms with E-state index in [1.54, 1.807) is 24.3 Å². The molecule has 144 valence electrons. The first-order valence-corrected chi connectivity index (χ1v) is 9.29. The largest absolute Gasteiger partial charge is 0.508 e. The first-order chi connectivity index (χ1) is 13.0. The van der Waals surface area contributed by atoms with Gasteiger partial charge in [0.1, 0.15) is 5.75 Å². The maximum Gasteiger partial charge on any atom is 0.191 e. The van der Waals surface area contributed by atoms with Gasteiger partial charge in [-0.15, -0.1) is 0 Å². The summed E-state index contributed by atoms with van der Waals surface area (Å²) >= 11 is 0. The molecular weight excluding hydrogens is 352 g/mol. The Bertz CT molecular complexity index is 764. The number of aliphatic hydroxyl groups is 1. The molecule has 1 saturated carbocycles. The molecule has 4 atom stereocenters. The molecule has 1 aliphatic heterocycles. The lowest BCUT2D eigenvalue weighted by molar-refractivity contribution is 0.115. The summed E-state index contributed by atoms with van der Waals surface area (Å²) in [7, 11) is 0. The molecule has 0 bridgehead atoms. The zero-order valence-corrected chi connectivity index (χ0v) is 14.9. The van der Waals surface area contributed by atoms with Crippen LogP contribution in [0, 0.1) is 23.5 Å². The maximum absolute atomic E-state index is 13.8. The van der Waals surface area contributed by atoms with Crippen LogP contribution in [0.2, 0.25) is 0 Å². The molecule has 1 heterocycles. The molecule has 4 rings (SSSR count). The van der Waals surface area contributed by atoms with Gasteiger partial charge in [0.15, 0.2) is 17.4 Å². The second-order valence-corrected chi connectivity index (χ2v) is 7.61. The average molecular weight is 375 g/mol. The molecule has 2 aromatic carbocycles. The highest BCUT2D eigenvalue weighted by molar-refractivity contribution is 5.28. The molecule has 2 unspecified atom stereocenters. The van der Waals surface area contributed by atoms with Gasteiger partial charge < -0.3 is 14.9 Å². The number of phenols is 1. The average Bonchev–Trinajstić information content (AvgIpc) is 3.16. The van der Waals surface area contributed by atoms with Crippen molar-refractivity contribution in [2.45, 2.75) is 25.0 Å². The van der Waals surface area contributed by atoms with Crippen molar-refractivity contribution in [1.29, 1.82) is 0 Å². The third-order valence-electron chi connectivity index (χ3n) is 5.70.